The molecule has 1 aliphatic carbocycles. The Morgan fingerprint density at radius 2 is 1.57 bits per heavy atom. The highest BCUT2D eigenvalue weighted by atomic mass is 16.3. The Morgan fingerprint density at radius 1 is 0.957 bits per heavy atom. The van der Waals surface area contributed by atoms with Crippen LogP contribution in [0.5, 0.6) is 11.5 Å². The highest BCUT2D eigenvalue weighted by molar-refractivity contribution is 6.27. The smallest absolute Gasteiger partial charge is 0.193 e. The number of unbranched alkanes of at least 4 members (excludes halogenated alkanes) is 2. The van der Waals surface area contributed by atoms with Crippen molar-refractivity contribution in [3.63, 3.8) is 0 Å². The normalized spacial score (nSPS) is 13.9. The Bertz CT molecular complexity index is 689. The van der Waals surface area contributed by atoms with Crippen LogP contribution in [0.3, 0.4) is 0 Å². The number of ketones is 2. The number of benzene rings is 1. The van der Waals surface area contributed by atoms with Crippen molar-refractivity contribution in [2.24, 2.45) is 0 Å². The standard InChI is InChI=1S/C18H23NO4/c1-3-5-7-10-9-12(20)13-14(16(10)21)18(23)15(19)11(17(13)22)8-6-4-2/h9,22-23H,3-8,19H2,1-2H3. The molecule has 0 amide bonds. The molecule has 4 N–H and O–H groups in total. The molecule has 1 aliphatic rings. The van der Waals surface area contributed by atoms with E-state index in [2.05, 4.69) is 0 Å². The Hall–Kier alpha value is -2.30. The van der Waals surface area contributed by atoms with Crippen LogP contribution in [0, 0.1) is 0 Å². The lowest BCUT2D eigenvalue weighted by atomic mass is 9.83. The number of hydrogen-bond acceptors (Lipinski definition) is 5. The first-order chi connectivity index (χ1) is 10.9. The number of carbonyl (C=O) groups excluding carboxylic acids is 2. The summed E-state index contributed by atoms with van der Waals surface area (Å²) in [6.07, 6.45) is 5.50. The van der Waals surface area contributed by atoms with E-state index >= 15 is 0 Å². The second-order valence-electron chi connectivity index (χ2n) is 5.91. The van der Waals surface area contributed by atoms with Gasteiger partial charge in [0.15, 0.2) is 17.3 Å². The van der Waals surface area contributed by atoms with Gasteiger partial charge in [0.2, 0.25) is 0 Å². The number of aromatic hydroxyl groups is 2. The summed E-state index contributed by atoms with van der Waals surface area (Å²) in [7, 11) is 0. The Kier molecular flexibility index (Phi) is 5.08. The minimum atomic E-state index is -0.448. The van der Waals surface area contributed by atoms with Crippen molar-refractivity contribution in [3.05, 3.63) is 28.3 Å². The van der Waals surface area contributed by atoms with Gasteiger partial charge in [-0.05, 0) is 31.8 Å². The van der Waals surface area contributed by atoms with Gasteiger partial charge in [0.1, 0.15) is 5.75 Å². The molecule has 124 valence electrons. The Labute approximate surface area is 135 Å². The zero-order valence-corrected chi connectivity index (χ0v) is 13.6. The van der Waals surface area contributed by atoms with E-state index in [4.69, 9.17) is 5.73 Å². The molecule has 0 unspecified atom stereocenters. The number of nitrogen functional groups attached to an aromatic ring is 1. The van der Waals surface area contributed by atoms with Gasteiger partial charge in [-0.25, -0.2) is 0 Å². The first-order valence-electron chi connectivity index (χ1n) is 8.09. The lowest BCUT2D eigenvalue weighted by molar-refractivity contribution is 0.0976. The fourth-order valence-corrected chi connectivity index (χ4v) is 2.87. The van der Waals surface area contributed by atoms with Gasteiger partial charge in [0, 0.05) is 11.1 Å². The third-order valence-electron chi connectivity index (χ3n) is 4.24. The number of nitrogens with two attached hydrogens (primary N) is 1. The highest BCUT2D eigenvalue weighted by Crippen LogP contribution is 2.43. The maximum absolute atomic E-state index is 12.6. The zero-order valence-electron chi connectivity index (χ0n) is 13.6. The quantitative estimate of drug-likeness (QED) is 0.423. The van der Waals surface area contributed by atoms with E-state index in [0.717, 1.165) is 25.7 Å². The topological polar surface area (TPSA) is 101 Å². The molecule has 5 nitrogen and oxygen atoms in total. The van der Waals surface area contributed by atoms with Gasteiger partial charge < -0.3 is 15.9 Å². The summed E-state index contributed by atoms with van der Waals surface area (Å²) in [6.45, 7) is 3.98. The maximum Gasteiger partial charge on any atom is 0.193 e. The minimum absolute atomic E-state index is 0.00686. The van der Waals surface area contributed by atoms with E-state index < -0.39 is 11.6 Å². The van der Waals surface area contributed by atoms with Gasteiger partial charge in [0.25, 0.3) is 0 Å². The number of carbonyl (C=O) groups is 2. The molecule has 0 saturated heterocycles. The summed E-state index contributed by atoms with van der Waals surface area (Å²) in [4.78, 5) is 24.9. The third kappa shape index (κ3) is 2.96. The van der Waals surface area contributed by atoms with E-state index in [1.807, 2.05) is 13.8 Å². The minimum Gasteiger partial charge on any atom is -0.507 e. The summed E-state index contributed by atoms with van der Waals surface area (Å²) < 4.78 is 0. The van der Waals surface area contributed by atoms with Crippen molar-refractivity contribution in [1.82, 2.24) is 0 Å². The number of allylic oxidation sites excluding steroid dienone is 2. The van der Waals surface area contributed by atoms with E-state index in [9.17, 15) is 19.8 Å². The monoisotopic (exact) mass is 317 g/mol. The van der Waals surface area contributed by atoms with Crippen molar-refractivity contribution in [2.75, 3.05) is 5.73 Å². The summed E-state index contributed by atoms with van der Waals surface area (Å²) >= 11 is 0. The van der Waals surface area contributed by atoms with Crippen LogP contribution in [0.15, 0.2) is 11.6 Å². The Balaban J connectivity index is 2.58. The lowest BCUT2D eigenvalue weighted by Crippen LogP contribution is -2.19. The molecule has 0 saturated carbocycles. The summed E-state index contributed by atoms with van der Waals surface area (Å²) in [5, 5.41) is 20.8. The SMILES string of the molecule is CCCCC1=CC(=O)c2c(O)c(CCCC)c(N)c(O)c2C1=O. The van der Waals surface area contributed by atoms with Crippen LogP contribution < -0.4 is 5.73 Å². The van der Waals surface area contributed by atoms with Crippen molar-refractivity contribution < 1.29 is 19.8 Å². The molecule has 0 fully saturated rings. The molecule has 5 heteroatoms. The van der Waals surface area contributed by atoms with Crippen LogP contribution in [-0.2, 0) is 6.42 Å². The van der Waals surface area contributed by atoms with Crippen LogP contribution >= 0.6 is 0 Å². The molecule has 23 heavy (non-hydrogen) atoms. The number of phenolic OH excluding ortho intramolecular Hbond substituents is 2. The predicted octanol–water partition coefficient (Wildman–Crippen LogP) is 3.52. The van der Waals surface area contributed by atoms with Crippen molar-refractivity contribution in [3.8, 4) is 11.5 Å². The average molecular weight is 317 g/mol. The molecule has 0 heterocycles. The first-order valence-corrected chi connectivity index (χ1v) is 8.09. The molecule has 0 atom stereocenters. The number of hydrogen-bond donors (Lipinski definition) is 3. The lowest BCUT2D eigenvalue weighted by Gasteiger charge is -2.21. The van der Waals surface area contributed by atoms with Gasteiger partial charge in [-0.3, -0.25) is 9.59 Å². The van der Waals surface area contributed by atoms with Crippen molar-refractivity contribution >= 4 is 17.3 Å². The molecule has 0 spiro atoms. The van der Waals surface area contributed by atoms with Crippen LogP contribution in [0.25, 0.3) is 0 Å². The van der Waals surface area contributed by atoms with Crippen molar-refractivity contribution in [1.29, 1.82) is 0 Å². The average Bonchev–Trinajstić information content (AvgIpc) is 2.53. The molecule has 0 aliphatic heterocycles. The Morgan fingerprint density at radius 3 is 2.17 bits per heavy atom. The number of rotatable bonds is 6. The van der Waals surface area contributed by atoms with Gasteiger partial charge in [0.05, 0.1) is 16.8 Å². The molecule has 0 bridgehead atoms. The summed E-state index contributed by atoms with van der Waals surface area (Å²) in [5.74, 6) is -1.52. The van der Waals surface area contributed by atoms with Gasteiger partial charge in [-0.15, -0.1) is 0 Å². The summed E-state index contributed by atoms with van der Waals surface area (Å²) in [5.41, 5.74) is 6.33. The van der Waals surface area contributed by atoms with E-state index in [-0.39, 0.29) is 28.3 Å². The van der Waals surface area contributed by atoms with E-state index in [1.54, 1.807) is 0 Å². The molecule has 1 aromatic carbocycles. The zero-order chi connectivity index (χ0) is 17.1. The van der Waals surface area contributed by atoms with Crippen LogP contribution in [0.2, 0.25) is 0 Å². The highest BCUT2D eigenvalue weighted by Gasteiger charge is 2.34. The van der Waals surface area contributed by atoms with E-state index in [1.165, 1.54) is 6.08 Å². The van der Waals surface area contributed by atoms with Crippen LogP contribution in [0.1, 0.15) is 72.2 Å². The second kappa shape index (κ2) is 6.86. The maximum atomic E-state index is 12.6. The van der Waals surface area contributed by atoms with Crippen LogP contribution in [-0.4, -0.2) is 21.8 Å². The molecule has 0 radical (unpaired) electrons. The second-order valence-corrected chi connectivity index (χ2v) is 5.91. The molecule has 2 rings (SSSR count). The number of phenols is 2. The fraction of sp³-hybridized carbons (Fsp3) is 0.444. The largest absolute Gasteiger partial charge is 0.507 e. The fourth-order valence-electron chi connectivity index (χ4n) is 2.87. The first kappa shape index (κ1) is 17.1. The molecule has 1 aromatic rings. The summed E-state index contributed by atoms with van der Waals surface area (Å²) in [6, 6.07) is 0. The van der Waals surface area contributed by atoms with E-state index in [0.29, 0.717) is 24.0 Å². The molecular weight excluding hydrogens is 294 g/mol. The molecule has 0 aromatic heterocycles. The molecular formula is C18H23NO4. The number of fused-ring (bicyclic) bond motifs is 1. The van der Waals surface area contributed by atoms with Gasteiger partial charge in [-0.1, -0.05) is 26.7 Å². The predicted molar refractivity (Wildman–Crippen MR) is 89.1 cm³/mol. The van der Waals surface area contributed by atoms with Crippen molar-refractivity contribution in [2.45, 2.75) is 52.4 Å². The van der Waals surface area contributed by atoms with Gasteiger partial charge >= 0.3 is 0 Å². The number of Topliss-reactive ketones (excluding diaryl/α,β-unsaturated/α-hetero) is 1. The van der Waals surface area contributed by atoms with Gasteiger partial charge in [-0.2, -0.15) is 0 Å². The third-order valence-corrected chi connectivity index (χ3v) is 4.24. The number of anilines is 1. The van der Waals surface area contributed by atoms with Crippen LogP contribution in [0.4, 0.5) is 5.69 Å².